The fourth-order valence-corrected chi connectivity index (χ4v) is 3.50. The molecule has 0 atom stereocenters. The largest absolute Gasteiger partial charge is 0.469 e. The number of ketones is 1. The van der Waals surface area contributed by atoms with Crippen molar-refractivity contribution < 1.29 is 14.3 Å². The van der Waals surface area contributed by atoms with Crippen LogP contribution in [-0.2, 0) is 22.5 Å². The van der Waals surface area contributed by atoms with Gasteiger partial charge in [0.15, 0.2) is 10.9 Å². The molecule has 0 fully saturated rings. The highest BCUT2D eigenvalue weighted by atomic mass is 32.2. The monoisotopic (exact) mass is 377 g/mol. The minimum Gasteiger partial charge on any atom is -0.469 e. The van der Waals surface area contributed by atoms with Crippen molar-refractivity contribution in [2.75, 3.05) is 12.9 Å². The summed E-state index contributed by atoms with van der Waals surface area (Å²) in [5.41, 5.74) is 2.66. The first-order valence-electron chi connectivity index (χ1n) is 8.35. The standard InChI is InChI=1S/C18H23N3O4S/c1-5-6-21-11(2)7-14(12(21)3)15(22)10-26-18-19-13(8-16(23)20-18)9-17(24)25-4/h7-8H,5-6,9-10H2,1-4H3,(H,19,20,23). The third kappa shape index (κ3) is 4.85. The second kappa shape index (κ2) is 8.84. The summed E-state index contributed by atoms with van der Waals surface area (Å²) in [5.74, 6) is -0.342. The van der Waals surface area contributed by atoms with Gasteiger partial charge in [0.2, 0.25) is 0 Å². The van der Waals surface area contributed by atoms with Crippen molar-refractivity contribution in [3.63, 3.8) is 0 Å². The van der Waals surface area contributed by atoms with E-state index in [0.717, 1.165) is 36.1 Å². The molecule has 140 valence electrons. The number of carbonyl (C=O) groups is 2. The number of Topliss-reactive ketones (excluding diaryl/α,β-unsaturated/α-hetero) is 1. The Morgan fingerprint density at radius 1 is 1.31 bits per heavy atom. The predicted octanol–water partition coefficient (Wildman–Crippen LogP) is 2.29. The van der Waals surface area contributed by atoms with Crippen LogP contribution in [0.25, 0.3) is 0 Å². The number of aryl methyl sites for hydroxylation is 1. The molecule has 26 heavy (non-hydrogen) atoms. The SMILES string of the molecule is CCCn1c(C)cc(C(=O)CSc2nc(CC(=O)OC)cc(=O)[nH]2)c1C. The maximum atomic E-state index is 12.6. The Kier molecular flexibility index (Phi) is 6.79. The van der Waals surface area contributed by atoms with Gasteiger partial charge >= 0.3 is 5.97 Å². The van der Waals surface area contributed by atoms with E-state index in [1.807, 2.05) is 19.9 Å². The highest BCUT2D eigenvalue weighted by Crippen LogP contribution is 2.20. The van der Waals surface area contributed by atoms with Crippen LogP contribution in [0, 0.1) is 13.8 Å². The number of hydrogen-bond donors (Lipinski definition) is 1. The molecule has 2 rings (SSSR count). The maximum Gasteiger partial charge on any atom is 0.311 e. The van der Waals surface area contributed by atoms with Crippen molar-refractivity contribution in [2.45, 2.75) is 45.3 Å². The first-order chi connectivity index (χ1) is 12.3. The van der Waals surface area contributed by atoms with Crippen LogP contribution < -0.4 is 5.56 Å². The van der Waals surface area contributed by atoms with Crippen LogP contribution >= 0.6 is 11.8 Å². The Labute approximate surface area is 156 Å². The van der Waals surface area contributed by atoms with Gasteiger partial charge in [0, 0.05) is 29.6 Å². The van der Waals surface area contributed by atoms with Crippen LogP contribution in [-0.4, -0.2) is 39.2 Å². The Morgan fingerprint density at radius 2 is 2.04 bits per heavy atom. The fourth-order valence-electron chi connectivity index (χ4n) is 2.73. The number of aromatic amines is 1. The Morgan fingerprint density at radius 3 is 2.69 bits per heavy atom. The van der Waals surface area contributed by atoms with Gasteiger partial charge in [-0.15, -0.1) is 0 Å². The van der Waals surface area contributed by atoms with Crippen molar-refractivity contribution in [3.8, 4) is 0 Å². The van der Waals surface area contributed by atoms with Crippen molar-refractivity contribution in [1.82, 2.24) is 14.5 Å². The number of methoxy groups -OCH3 is 1. The Balaban J connectivity index is 2.11. The van der Waals surface area contributed by atoms with Gasteiger partial charge in [0.05, 0.1) is 25.0 Å². The molecule has 2 aromatic rings. The lowest BCUT2D eigenvalue weighted by molar-refractivity contribution is -0.139. The maximum absolute atomic E-state index is 12.6. The molecule has 2 aromatic heterocycles. The van der Waals surface area contributed by atoms with Crippen LogP contribution in [0.3, 0.4) is 0 Å². The number of esters is 1. The number of H-pyrrole nitrogens is 1. The lowest BCUT2D eigenvalue weighted by Gasteiger charge is -2.07. The molecule has 2 heterocycles. The minimum absolute atomic E-state index is 0.0218. The lowest BCUT2D eigenvalue weighted by atomic mass is 10.2. The number of nitrogens with one attached hydrogen (secondary N) is 1. The zero-order valence-corrected chi connectivity index (χ0v) is 16.2. The number of rotatable bonds is 8. The lowest BCUT2D eigenvalue weighted by Crippen LogP contribution is -2.14. The van der Waals surface area contributed by atoms with Crippen molar-refractivity contribution in [2.24, 2.45) is 0 Å². The Hall–Kier alpha value is -2.35. The van der Waals surface area contributed by atoms with Gasteiger partial charge in [-0.3, -0.25) is 14.4 Å². The molecule has 0 saturated carbocycles. The van der Waals surface area contributed by atoms with Gasteiger partial charge in [-0.25, -0.2) is 4.98 Å². The number of hydrogen-bond acceptors (Lipinski definition) is 6. The van der Waals surface area contributed by atoms with Crippen LogP contribution in [0.1, 0.15) is 40.8 Å². The van der Waals surface area contributed by atoms with Crippen molar-refractivity contribution in [1.29, 1.82) is 0 Å². The van der Waals surface area contributed by atoms with Gasteiger partial charge in [0.25, 0.3) is 5.56 Å². The fraction of sp³-hybridized carbons (Fsp3) is 0.444. The summed E-state index contributed by atoms with van der Waals surface area (Å²) >= 11 is 1.15. The van der Waals surface area contributed by atoms with Crippen molar-refractivity contribution >= 4 is 23.5 Å². The predicted molar refractivity (Wildman–Crippen MR) is 99.8 cm³/mol. The van der Waals surface area contributed by atoms with E-state index in [2.05, 4.69) is 26.2 Å². The van der Waals surface area contributed by atoms with Gasteiger partial charge in [-0.05, 0) is 26.3 Å². The molecule has 0 aliphatic carbocycles. The summed E-state index contributed by atoms with van der Waals surface area (Å²) in [6, 6.07) is 3.15. The highest BCUT2D eigenvalue weighted by Gasteiger charge is 2.16. The molecule has 0 saturated heterocycles. The first kappa shape index (κ1) is 20.0. The van der Waals surface area contributed by atoms with Crippen LogP contribution in [0.5, 0.6) is 0 Å². The minimum atomic E-state index is -0.474. The van der Waals surface area contributed by atoms with E-state index in [1.54, 1.807) is 0 Å². The molecule has 0 spiro atoms. The zero-order chi connectivity index (χ0) is 19.3. The molecule has 0 aromatic carbocycles. The van der Waals surface area contributed by atoms with Gasteiger partial charge in [-0.1, -0.05) is 18.7 Å². The number of carbonyl (C=O) groups excluding carboxylic acids is 2. The van der Waals surface area contributed by atoms with Crippen LogP contribution in [0.15, 0.2) is 22.1 Å². The average Bonchev–Trinajstić information content (AvgIpc) is 2.87. The van der Waals surface area contributed by atoms with E-state index in [9.17, 15) is 14.4 Å². The summed E-state index contributed by atoms with van der Waals surface area (Å²) in [6.07, 6.45) is 0.914. The third-order valence-corrected chi connectivity index (χ3v) is 4.86. The van der Waals surface area contributed by atoms with Crippen LogP contribution in [0.2, 0.25) is 0 Å². The van der Waals surface area contributed by atoms with Gasteiger partial charge in [0.1, 0.15) is 0 Å². The zero-order valence-electron chi connectivity index (χ0n) is 15.4. The molecule has 0 bridgehead atoms. The molecule has 0 radical (unpaired) electrons. The molecular formula is C18H23N3O4S. The molecule has 0 unspecified atom stereocenters. The molecular weight excluding hydrogens is 354 g/mol. The molecule has 0 aliphatic rings. The first-order valence-corrected chi connectivity index (χ1v) is 9.34. The highest BCUT2D eigenvalue weighted by molar-refractivity contribution is 7.99. The van der Waals surface area contributed by atoms with E-state index in [1.165, 1.54) is 13.2 Å². The summed E-state index contributed by atoms with van der Waals surface area (Å²) in [4.78, 5) is 42.4. The van der Waals surface area contributed by atoms with E-state index in [-0.39, 0.29) is 23.5 Å². The smallest absolute Gasteiger partial charge is 0.311 e. The quantitative estimate of drug-likeness (QED) is 0.328. The second-order valence-corrected chi connectivity index (χ2v) is 6.91. The molecule has 1 N–H and O–H groups in total. The second-order valence-electron chi connectivity index (χ2n) is 5.94. The third-order valence-electron chi connectivity index (χ3n) is 3.99. The number of nitrogens with zero attached hydrogens (tertiary/aromatic N) is 2. The van der Waals surface area contributed by atoms with E-state index in [0.29, 0.717) is 16.4 Å². The molecule has 0 amide bonds. The topological polar surface area (TPSA) is 94.0 Å². The van der Waals surface area contributed by atoms with Gasteiger partial charge in [-0.2, -0.15) is 0 Å². The summed E-state index contributed by atoms with van der Waals surface area (Å²) in [5, 5.41) is 0.312. The van der Waals surface area contributed by atoms with E-state index < -0.39 is 5.97 Å². The van der Waals surface area contributed by atoms with Crippen molar-refractivity contribution in [3.05, 3.63) is 45.1 Å². The average molecular weight is 377 g/mol. The van der Waals surface area contributed by atoms with Crippen LogP contribution in [0.4, 0.5) is 0 Å². The number of thioether (sulfide) groups is 1. The van der Waals surface area contributed by atoms with E-state index in [4.69, 9.17) is 0 Å². The molecule has 8 heteroatoms. The Bertz CT molecular complexity index is 870. The van der Waals surface area contributed by atoms with Gasteiger partial charge < -0.3 is 14.3 Å². The summed E-state index contributed by atoms with van der Waals surface area (Å²) < 4.78 is 6.72. The summed E-state index contributed by atoms with van der Waals surface area (Å²) in [6.45, 7) is 6.90. The summed E-state index contributed by atoms with van der Waals surface area (Å²) in [7, 11) is 1.28. The van der Waals surface area contributed by atoms with E-state index >= 15 is 0 Å². The number of aromatic nitrogens is 3. The normalized spacial score (nSPS) is 10.8. The molecule has 0 aliphatic heterocycles. The number of ether oxygens (including phenoxy) is 1. The molecule has 7 nitrogen and oxygen atoms in total.